The van der Waals surface area contributed by atoms with Crippen LogP contribution in [0.2, 0.25) is 0 Å². The van der Waals surface area contributed by atoms with E-state index in [0.29, 0.717) is 13.0 Å². The average Bonchev–Trinajstić information content (AvgIpc) is 2.40. The van der Waals surface area contributed by atoms with Gasteiger partial charge in [0.05, 0.1) is 0 Å². The monoisotopic (exact) mass is 261 g/mol. The average molecular weight is 261 g/mol. The lowest BCUT2D eigenvalue weighted by molar-refractivity contribution is 0.473. The van der Waals surface area contributed by atoms with E-state index in [1.54, 1.807) is 0 Å². The molecule has 0 amide bonds. The van der Waals surface area contributed by atoms with Crippen LogP contribution in [0.25, 0.3) is 0 Å². The van der Waals surface area contributed by atoms with Gasteiger partial charge in [0.15, 0.2) is 0 Å². The fourth-order valence-electron chi connectivity index (χ4n) is 2.22. The van der Waals surface area contributed by atoms with E-state index in [0.717, 1.165) is 5.56 Å². The molecule has 0 bridgehead atoms. The Kier molecular flexibility index (Phi) is 4.63. The molecule has 0 radical (unpaired) electrons. The molecule has 0 aliphatic heterocycles. The number of likely N-dealkylation sites (N-methyl/N-ethyl adjacent to an activating group) is 1. The minimum atomic E-state index is -0.498. The van der Waals surface area contributed by atoms with E-state index in [2.05, 4.69) is 5.32 Å². The van der Waals surface area contributed by atoms with Gasteiger partial charge >= 0.3 is 0 Å². The highest BCUT2D eigenvalue weighted by Crippen LogP contribution is 2.24. The minimum absolute atomic E-state index is 0.119. The molecule has 1 nitrogen and oxygen atoms in total. The topological polar surface area (TPSA) is 12.0 Å². The van der Waals surface area contributed by atoms with Crippen LogP contribution < -0.4 is 5.32 Å². The Morgan fingerprint density at radius 1 is 0.947 bits per heavy atom. The largest absolute Gasteiger partial charge is 0.310 e. The van der Waals surface area contributed by atoms with Crippen LogP contribution in [0.3, 0.4) is 0 Å². The van der Waals surface area contributed by atoms with Crippen molar-refractivity contribution in [3.63, 3.8) is 0 Å². The van der Waals surface area contributed by atoms with Gasteiger partial charge in [0.25, 0.3) is 0 Å². The van der Waals surface area contributed by atoms with Gasteiger partial charge in [0, 0.05) is 11.6 Å². The molecule has 0 aliphatic carbocycles. The number of hydrogen-bond acceptors (Lipinski definition) is 1. The van der Waals surface area contributed by atoms with E-state index in [-0.39, 0.29) is 11.6 Å². The predicted molar refractivity (Wildman–Crippen MR) is 72.9 cm³/mol. The molecular formula is C16H17F2N. The standard InChI is InChI=1S/C16H17F2N/c1-2-19-15(11-12-7-4-3-5-8-12)16-13(17)9-6-10-14(16)18/h3-10,15,19H,2,11H2,1H3. The van der Waals surface area contributed by atoms with Gasteiger partial charge in [0.1, 0.15) is 11.6 Å². The van der Waals surface area contributed by atoms with Crippen molar-refractivity contribution in [2.45, 2.75) is 19.4 Å². The van der Waals surface area contributed by atoms with Gasteiger partial charge in [0.2, 0.25) is 0 Å². The lowest BCUT2D eigenvalue weighted by Crippen LogP contribution is -2.25. The molecule has 1 unspecified atom stereocenters. The molecule has 3 heteroatoms. The van der Waals surface area contributed by atoms with Gasteiger partial charge in [-0.15, -0.1) is 0 Å². The molecule has 0 heterocycles. The lowest BCUT2D eigenvalue weighted by atomic mass is 9.98. The first-order valence-corrected chi connectivity index (χ1v) is 6.43. The Bertz CT molecular complexity index is 505. The highest BCUT2D eigenvalue weighted by atomic mass is 19.1. The molecule has 1 atom stereocenters. The van der Waals surface area contributed by atoms with Crippen molar-refractivity contribution in [3.05, 3.63) is 71.3 Å². The Balaban J connectivity index is 2.30. The van der Waals surface area contributed by atoms with Crippen molar-refractivity contribution in [3.8, 4) is 0 Å². The maximum atomic E-state index is 13.8. The molecule has 0 aliphatic rings. The molecule has 2 aromatic rings. The van der Waals surface area contributed by atoms with Crippen LogP contribution in [0.15, 0.2) is 48.5 Å². The van der Waals surface area contributed by atoms with E-state index in [1.807, 2.05) is 37.3 Å². The number of halogens is 2. The summed E-state index contributed by atoms with van der Waals surface area (Å²) in [6, 6.07) is 13.3. The summed E-state index contributed by atoms with van der Waals surface area (Å²) in [6.07, 6.45) is 0.562. The molecule has 19 heavy (non-hydrogen) atoms. The summed E-state index contributed by atoms with van der Waals surface area (Å²) in [5.41, 5.74) is 1.17. The highest BCUT2D eigenvalue weighted by molar-refractivity contribution is 5.26. The first-order chi connectivity index (χ1) is 9.22. The Morgan fingerprint density at radius 2 is 1.58 bits per heavy atom. The van der Waals surface area contributed by atoms with Gasteiger partial charge in [-0.2, -0.15) is 0 Å². The van der Waals surface area contributed by atoms with Gasteiger partial charge in [-0.25, -0.2) is 8.78 Å². The minimum Gasteiger partial charge on any atom is -0.310 e. The quantitative estimate of drug-likeness (QED) is 0.861. The van der Waals surface area contributed by atoms with Crippen LogP contribution in [0, 0.1) is 11.6 Å². The fraction of sp³-hybridized carbons (Fsp3) is 0.250. The summed E-state index contributed by atoms with van der Waals surface area (Å²) < 4.78 is 27.7. The van der Waals surface area contributed by atoms with Crippen molar-refractivity contribution in [2.24, 2.45) is 0 Å². The van der Waals surface area contributed by atoms with Gasteiger partial charge in [-0.3, -0.25) is 0 Å². The molecular weight excluding hydrogens is 244 g/mol. The van der Waals surface area contributed by atoms with E-state index in [4.69, 9.17) is 0 Å². The first-order valence-electron chi connectivity index (χ1n) is 6.43. The summed E-state index contributed by atoms with van der Waals surface area (Å²) in [6.45, 7) is 2.59. The highest BCUT2D eigenvalue weighted by Gasteiger charge is 2.19. The van der Waals surface area contributed by atoms with E-state index < -0.39 is 11.6 Å². The zero-order valence-corrected chi connectivity index (χ0v) is 10.9. The van der Waals surface area contributed by atoms with Gasteiger partial charge in [-0.1, -0.05) is 43.3 Å². The smallest absolute Gasteiger partial charge is 0.130 e. The number of benzene rings is 2. The van der Waals surface area contributed by atoms with Gasteiger partial charge in [-0.05, 0) is 30.7 Å². The molecule has 2 rings (SSSR count). The van der Waals surface area contributed by atoms with E-state index in [9.17, 15) is 8.78 Å². The van der Waals surface area contributed by atoms with Crippen LogP contribution in [0.4, 0.5) is 8.78 Å². The van der Waals surface area contributed by atoms with Crippen LogP contribution in [-0.4, -0.2) is 6.54 Å². The van der Waals surface area contributed by atoms with Crippen molar-refractivity contribution in [2.75, 3.05) is 6.54 Å². The third-order valence-corrected chi connectivity index (χ3v) is 3.08. The zero-order chi connectivity index (χ0) is 13.7. The first kappa shape index (κ1) is 13.7. The van der Waals surface area contributed by atoms with Crippen LogP contribution >= 0.6 is 0 Å². The summed E-state index contributed by atoms with van der Waals surface area (Å²) in [7, 11) is 0. The van der Waals surface area contributed by atoms with E-state index in [1.165, 1.54) is 18.2 Å². The molecule has 0 aromatic heterocycles. The molecule has 100 valence electrons. The molecule has 0 spiro atoms. The van der Waals surface area contributed by atoms with Gasteiger partial charge < -0.3 is 5.32 Å². The molecule has 0 saturated carbocycles. The Hall–Kier alpha value is -1.74. The lowest BCUT2D eigenvalue weighted by Gasteiger charge is -2.19. The second-order valence-corrected chi connectivity index (χ2v) is 4.44. The van der Waals surface area contributed by atoms with Crippen LogP contribution in [0.1, 0.15) is 24.1 Å². The fourth-order valence-corrected chi connectivity index (χ4v) is 2.22. The Labute approximate surface area is 112 Å². The van der Waals surface area contributed by atoms with Crippen molar-refractivity contribution in [1.82, 2.24) is 5.32 Å². The Morgan fingerprint density at radius 3 is 2.16 bits per heavy atom. The van der Waals surface area contributed by atoms with Crippen molar-refractivity contribution >= 4 is 0 Å². The molecule has 0 saturated heterocycles. The number of hydrogen-bond donors (Lipinski definition) is 1. The SMILES string of the molecule is CCNC(Cc1ccccc1)c1c(F)cccc1F. The van der Waals surface area contributed by atoms with Crippen molar-refractivity contribution in [1.29, 1.82) is 0 Å². The van der Waals surface area contributed by atoms with Crippen LogP contribution in [-0.2, 0) is 6.42 Å². The zero-order valence-electron chi connectivity index (χ0n) is 10.9. The molecule has 1 N–H and O–H groups in total. The summed E-state index contributed by atoms with van der Waals surface area (Å²) >= 11 is 0. The summed E-state index contributed by atoms with van der Waals surface area (Å²) in [5.74, 6) is -0.997. The second kappa shape index (κ2) is 6.43. The summed E-state index contributed by atoms with van der Waals surface area (Å²) in [4.78, 5) is 0. The van der Waals surface area contributed by atoms with Crippen molar-refractivity contribution < 1.29 is 8.78 Å². The number of rotatable bonds is 5. The molecule has 2 aromatic carbocycles. The third kappa shape index (κ3) is 3.38. The maximum absolute atomic E-state index is 13.8. The molecule has 0 fully saturated rings. The normalized spacial score (nSPS) is 12.4. The third-order valence-electron chi connectivity index (χ3n) is 3.08. The number of nitrogens with one attached hydrogen (secondary N) is 1. The van der Waals surface area contributed by atoms with Crippen LogP contribution in [0.5, 0.6) is 0 Å². The van der Waals surface area contributed by atoms with E-state index >= 15 is 0 Å². The summed E-state index contributed by atoms with van der Waals surface area (Å²) in [5, 5.41) is 3.15. The maximum Gasteiger partial charge on any atom is 0.130 e. The second-order valence-electron chi connectivity index (χ2n) is 4.44. The predicted octanol–water partition coefficient (Wildman–Crippen LogP) is 3.86.